The second-order valence-corrected chi connectivity index (χ2v) is 4.40. The van der Waals surface area contributed by atoms with Crippen LogP contribution in [-0.2, 0) is 6.42 Å². The van der Waals surface area contributed by atoms with Gasteiger partial charge in [0.15, 0.2) is 5.76 Å². The number of para-hydroxylation sites is 1. The van der Waals surface area contributed by atoms with Crippen LogP contribution in [0.15, 0.2) is 53.5 Å². The lowest BCUT2D eigenvalue weighted by Crippen LogP contribution is -2.25. The third-order valence-corrected chi connectivity index (χ3v) is 2.96. The Kier molecular flexibility index (Phi) is 3.41. The summed E-state index contributed by atoms with van der Waals surface area (Å²) < 4.78 is 5.50. The van der Waals surface area contributed by atoms with Gasteiger partial charge in [0.25, 0.3) is 5.91 Å². The minimum Gasteiger partial charge on any atom is -0.451 e. The van der Waals surface area contributed by atoms with Gasteiger partial charge in [-0.1, -0.05) is 18.2 Å². The number of aromatic nitrogens is 2. The lowest BCUT2D eigenvalue weighted by atomic mass is 10.2. The van der Waals surface area contributed by atoms with Crippen molar-refractivity contribution in [3.05, 3.63) is 60.4 Å². The number of benzene rings is 1. The average Bonchev–Trinajstić information content (AvgIpc) is 2.92. The fraction of sp³-hybridized carbons (Fsp3) is 0.133. The highest BCUT2D eigenvalue weighted by atomic mass is 16.3. The summed E-state index contributed by atoms with van der Waals surface area (Å²) in [5.74, 6) is 0.119. The Morgan fingerprint density at radius 1 is 1.20 bits per heavy atom. The monoisotopic (exact) mass is 267 g/mol. The van der Waals surface area contributed by atoms with Crippen LogP contribution in [0, 0.1) is 0 Å². The van der Waals surface area contributed by atoms with Crippen molar-refractivity contribution in [2.75, 3.05) is 6.54 Å². The van der Waals surface area contributed by atoms with E-state index in [9.17, 15) is 4.79 Å². The first-order chi connectivity index (χ1) is 9.83. The predicted octanol–water partition coefficient (Wildman–Crippen LogP) is 2.20. The van der Waals surface area contributed by atoms with Gasteiger partial charge in [0.1, 0.15) is 11.9 Å². The molecule has 5 nitrogen and oxygen atoms in total. The molecule has 0 bridgehead atoms. The summed E-state index contributed by atoms with van der Waals surface area (Å²) in [4.78, 5) is 19.8. The number of furan rings is 1. The second kappa shape index (κ2) is 5.52. The quantitative estimate of drug-likeness (QED) is 0.786. The normalized spacial score (nSPS) is 10.6. The first-order valence-electron chi connectivity index (χ1n) is 6.33. The van der Waals surface area contributed by atoms with Crippen LogP contribution in [0.5, 0.6) is 0 Å². The highest BCUT2D eigenvalue weighted by molar-refractivity contribution is 5.96. The smallest absolute Gasteiger partial charge is 0.287 e. The zero-order valence-electron chi connectivity index (χ0n) is 10.7. The van der Waals surface area contributed by atoms with Crippen LogP contribution in [0.3, 0.4) is 0 Å². The molecule has 0 atom stereocenters. The van der Waals surface area contributed by atoms with E-state index in [0.717, 1.165) is 10.9 Å². The summed E-state index contributed by atoms with van der Waals surface area (Å²) in [6.45, 7) is 0.517. The van der Waals surface area contributed by atoms with Gasteiger partial charge in [-0.25, -0.2) is 9.97 Å². The maximum absolute atomic E-state index is 12.0. The molecule has 5 heteroatoms. The Morgan fingerprint density at radius 2 is 2.00 bits per heavy atom. The highest BCUT2D eigenvalue weighted by Gasteiger charge is 2.11. The van der Waals surface area contributed by atoms with Crippen LogP contribution in [-0.4, -0.2) is 22.4 Å². The van der Waals surface area contributed by atoms with Gasteiger partial charge in [-0.2, -0.15) is 0 Å². The van der Waals surface area contributed by atoms with Gasteiger partial charge in [-0.05, 0) is 24.1 Å². The molecule has 0 aliphatic heterocycles. The number of rotatable bonds is 4. The lowest BCUT2D eigenvalue weighted by molar-refractivity contribution is 0.0928. The van der Waals surface area contributed by atoms with E-state index in [1.54, 1.807) is 18.5 Å². The molecule has 20 heavy (non-hydrogen) atoms. The molecule has 1 amide bonds. The number of carbonyl (C=O) groups excluding carboxylic acids is 1. The van der Waals surface area contributed by atoms with E-state index in [4.69, 9.17) is 4.42 Å². The fourth-order valence-corrected chi connectivity index (χ4v) is 1.96. The third-order valence-electron chi connectivity index (χ3n) is 2.96. The van der Waals surface area contributed by atoms with Crippen molar-refractivity contribution < 1.29 is 9.21 Å². The van der Waals surface area contributed by atoms with Crippen LogP contribution in [0.2, 0.25) is 0 Å². The molecule has 0 saturated heterocycles. The van der Waals surface area contributed by atoms with Gasteiger partial charge < -0.3 is 9.73 Å². The van der Waals surface area contributed by atoms with E-state index >= 15 is 0 Å². The molecular weight excluding hydrogens is 254 g/mol. The van der Waals surface area contributed by atoms with Crippen molar-refractivity contribution in [3.63, 3.8) is 0 Å². The van der Waals surface area contributed by atoms with Crippen LogP contribution in [0.1, 0.15) is 16.1 Å². The highest BCUT2D eigenvalue weighted by Crippen LogP contribution is 2.18. The average molecular weight is 267 g/mol. The van der Waals surface area contributed by atoms with E-state index in [-0.39, 0.29) is 5.91 Å². The molecule has 0 spiro atoms. The number of amides is 1. The zero-order valence-corrected chi connectivity index (χ0v) is 10.7. The molecule has 0 aliphatic rings. The van der Waals surface area contributed by atoms with Crippen LogP contribution >= 0.6 is 0 Å². The fourth-order valence-electron chi connectivity index (χ4n) is 1.96. The van der Waals surface area contributed by atoms with Crippen molar-refractivity contribution in [1.82, 2.24) is 15.3 Å². The lowest BCUT2D eigenvalue weighted by Gasteiger charge is -2.02. The zero-order chi connectivity index (χ0) is 13.8. The molecule has 1 aromatic carbocycles. The van der Waals surface area contributed by atoms with Crippen molar-refractivity contribution in [1.29, 1.82) is 0 Å². The summed E-state index contributed by atoms with van der Waals surface area (Å²) in [5, 5.41) is 3.75. The number of hydrogen-bond donors (Lipinski definition) is 1. The maximum atomic E-state index is 12.0. The molecule has 0 radical (unpaired) electrons. The molecule has 1 N–H and O–H groups in total. The first-order valence-corrected chi connectivity index (χ1v) is 6.33. The molecule has 2 aromatic heterocycles. The minimum absolute atomic E-state index is 0.210. The topological polar surface area (TPSA) is 68.0 Å². The summed E-state index contributed by atoms with van der Waals surface area (Å²) in [5.41, 5.74) is 1.70. The van der Waals surface area contributed by atoms with E-state index in [1.807, 2.05) is 24.3 Å². The molecule has 0 unspecified atom stereocenters. The number of carbonyl (C=O) groups is 1. The number of nitrogens with one attached hydrogen (secondary N) is 1. The van der Waals surface area contributed by atoms with Gasteiger partial charge in [-0.3, -0.25) is 4.79 Å². The molecule has 100 valence electrons. The Hall–Kier alpha value is -2.69. The first kappa shape index (κ1) is 12.3. The summed E-state index contributed by atoms with van der Waals surface area (Å²) >= 11 is 0. The molecule has 0 saturated carbocycles. The van der Waals surface area contributed by atoms with Crippen LogP contribution < -0.4 is 5.32 Å². The maximum Gasteiger partial charge on any atom is 0.287 e. The second-order valence-electron chi connectivity index (χ2n) is 4.40. The van der Waals surface area contributed by atoms with E-state index in [2.05, 4.69) is 15.3 Å². The number of hydrogen-bond acceptors (Lipinski definition) is 4. The van der Waals surface area contributed by atoms with Gasteiger partial charge in [0, 0.05) is 24.3 Å². The Morgan fingerprint density at radius 3 is 2.80 bits per heavy atom. The number of fused-ring (bicyclic) bond motifs is 1. The predicted molar refractivity (Wildman–Crippen MR) is 74.3 cm³/mol. The van der Waals surface area contributed by atoms with Crippen molar-refractivity contribution >= 4 is 16.9 Å². The molecule has 2 heterocycles. The Bertz CT molecular complexity index is 689. The van der Waals surface area contributed by atoms with Crippen LogP contribution in [0.25, 0.3) is 11.0 Å². The largest absolute Gasteiger partial charge is 0.451 e. The SMILES string of the molecule is O=C(NCCc1cncnc1)c1cc2ccccc2o1. The van der Waals surface area contributed by atoms with Gasteiger partial charge >= 0.3 is 0 Å². The standard InChI is InChI=1S/C15H13N3O2/c19-15(18-6-5-11-8-16-10-17-9-11)14-7-12-3-1-2-4-13(12)20-14/h1-4,7-10H,5-6H2,(H,18,19). The van der Waals surface area contributed by atoms with Gasteiger partial charge in [0.2, 0.25) is 0 Å². The summed E-state index contributed by atoms with van der Waals surface area (Å²) in [6.07, 6.45) is 5.64. The molecule has 3 aromatic rings. The van der Waals surface area contributed by atoms with E-state index in [1.165, 1.54) is 6.33 Å². The van der Waals surface area contributed by atoms with E-state index in [0.29, 0.717) is 24.3 Å². The summed E-state index contributed by atoms with van der Waals surface area (Å²) in [7, 11) is 0. The third kappa shape index (κ3) is 2.66. The molecule has 3 rings (SSSR count). The van der Waals surface area contributed by atoms with Crippen LogP contribution in [0.4, 0.5) is 0 Å². The van der Waals surface area contributed by atoms with Gasteiger partial charge in [-0.15, -0.1) is 0 Å². The van der Waals surface area contributed by atoms with Crippen molar-refractivity contribution in [2.45, 2.75) is 6.42 Å². The van der Waals surface area contributed by atoms with Crippen molar-refractivity contribution in [3.8, 4) is 0 Å². The van der Waals surface area contributed by atoms with Gasteiger partial charge in [0.05, 0.1) is 0 Å². The summed E-state index contributed by atoms with van der Waals surface area (Å²) in [6, 6.07) is 9.29. The number of nitrogens with zero attached hydrogens (tertiary/aromatic N) is 2. The Balaban J connectivity index is 1.61. The molecule has 0 fully saturated rings. The Labute approximate surface area is 115 Å². The minimum atomic E-state index is -0.210. The molecule has 0 aliphatic carbocycles. The van der Waals surface area contributed by atoms with Crippen molar-refractivity contribution in [2.24, 2.45) is 0 Å². The van der Waals surface area contributed by atoms with E-state index < -0.39 is 0 Å². The molecular formula is C15H13N3O2.